The highest BCUT2D eigenvalue weighted by Crippen LogP contribution is 2.24. The van der Waals surface area contributed by atoms with Crippen LogP contribution in [0.15, 0.2) is 34.7 Å². The van der Waals surface area contributed by atoms with E-state index in [-0.39, 0.29) is 23.4 Å². The van der Waals surface area contributed by atoms with Crippen LogP contribution in [-0.4, -0.2) is 65.9 Å². The summed E-state index contributed by atoms with van der Waals surface area (Å²) in [6.45, 7) is 13.4. The molecule has 1 aromatic heterocycles. The van der Waals surface area contributed by atoms with Gasteiger partial charge in [-0.3, -0.25) is 14.5 Å². The molecular formula is C26H36ClN5O4. The Hall–Kier alpha value is -3.04. The minimum Gasteiger partial charge on any atom is -0.455 e. The van der Waals surface area contributed by atoms with E-state index in [1.165, 1.54) is 0 Å². The molecule has 2 aromatic rings. The highest BCUT2D eigenvalue weighted by Gasteiger charge is 2.24. The van der Waals surface area contributed by atoms with E-state index < -0.39 is 0 Å². The Labute approximate surface area is 217 Å². The van der Waals surface area contributed by atoms with Gasteiger partial charge in [-0.05, 0) is 57.0 Å². The third-order valence-electron chi connectivity index (χ3n) is 5.55. The summed E-state index contributed by atoms with van der Waals surface area (Å²) in [4.78, 5) is 41.3. The second kappa shape index (κ2) is 11.8. The number of carbonyl (C=O) groups is 3. The van der Waals surface area contributed by atoms with E-state index in [2.05, 4.69) is 20.9 Å². The van der Waals surface area contributed by atoms with E-state index in [9.17, 15) is 14.4 Å². The Balaban J connectivity index is 1.50. The summed E-state index contributed by atoms with van der Waals surface area (Å²) in [6.07, 6.45) is 0. The van der Waals surface area contributed by atoms with Crippen LogP contribution < -0.4 is 16.0 Å². The van der Waals surface area contributed by atoms with Crippen LogP contribution in [0.3, 0.4) is 0 Å². The first kappa shape index (κ1) is 27.5. The van der Waals surface area contributed by atoms with Gasteiger partial charge in [0.05, 0.1) is 17.3 Å². The van der Waals surface area contributed by atoms with E-state index in [0.29, 0.717) is 73.0 Å². The maximum absolute atomic E-state index is 13.0. The van der Waals surface area contributed by atoms with Crippen LogP contribution in [0.1, 0.15) is 61.3 Å². The van der Waals surface area contributed by atoms with E-state index in [1.807, 2.05) is 40.7 Å². The number of hydrogen-bond acceptors (Lipinski definition) is 5. The lowest BCUT2D eigenvalue weighted by molar-refractivity contribution is 0.0618. The molecule has 9 nitrogen and oxygen atoms in total. The highest BCUT2D eigenvalue weighted by atomic mass is 35.5. The molecule has 0 aliphatic carbocycles. The number of furan rings is 1. The van der Waals surface area contributed by atoms with Crippen LogP contribution in [0, 0.1) is 5.92 Å². The third-order valence-corrected chi connectivity index (χ3v) is 5.86. The van der Waals surface area contributed by atoms with Crippen LogP contribution in [-0.2, 0) is 6.54 Å². The number of urea groups is 1. The van der Waals surface area contributed by atoms with Crippen LogP contribution in [0.2, 0.25) is 5.02 Å². The molecule has 1 aliphatic heterocycles. The molecule has 0 bridgehead atoms. The fourth-order valence-corrected chi connectivity index (χ4v) is 3.94. The van der Waals surface area contributed by atoms with E-state index in [4.69, 9.17) is 16.0 Å². The van der Waals surface area contributed by atoms with Gasteiger partial charge in [0.15, 0.2) is 5.76 Å². The third kappa shape index (κ3) is 7.99. The predicted molar refractivity (Wildman–Crippen MR) is 140 cm³/mol. The van der Waals surface area contributed by atoms with Gasteiger partial charge in [0.1, 0.15) is 5.76 Å². The van der Waals surface area contributed by atoms with Crippen LogP contribution >= 0.6 is 11.6 Å². The number of benzene rings is 1. The average Bonchev–Trinajstić information content (AvgIpc) is 3.27. The summed E-state index contributed by atoms with van der Waals surface area (Å²) < 4.78 is 5.73. The molecule has 0 atom stereocenters. The molecule has 3 N–H and O–H groups in total. The zero-order valence-electron chi connectivity index (χ0n) is 21.6. The Kier molecular flexibility index (Phi) is 9.03. The normalized spacial score (nSPS) is 14.6. The summed E-state index contributed by atoms with van der Waals surface area (Å²) in [7, 11) is 0. The largest absolute Gasteiger partial charge is 0.455 e. The molecule has 2 heterocycles. The molecule has 0 saturated carbocycles. The van der Waals surface area contributed by atoms with Crippen molar-refractivity contribution in [2.45, 2.75) is 46.7 Å². The lowest BCUT2D eigenvalue weighted by atomic mass is 10.1. The van der Waals surface area contributed by atoms with Gasteiger partial charge in [-0.25, -0.2) is 4.79 Å². The number of piperazine rings is 1. The van der Waals surface area contributed by atoms with Gasteiger partial charge < -0.3 is 25.3 Å². The molecule has 10 heteroatoms. The minimum absolute atomic E-state index is 0.105. The van der Waals surface area contributed by atoms with E-state index in [0.717, 1.165) is 0 Å². The van der Waals surface area contributed by atoms with Gasteiger partial charge in [0, 0.05) is 43.8 Å². The highest BCUT2D eigenvalue weighted by molar-refractivity contribution is 6.34. The zero-order valence-corrected chi connectivity index (χ0v) is 22.4. The molecule has 0 radical (unpaired) electrons. The molecule has 1 fully saturated rings. The maximum atomic E-state index is 13.0. The molecule has 0 unspecified atom stereocenters. The van der Waals surface area contributed by atoms with Crippen molar-refractivity contribution in [1.82, 2.24) is 20.4 Å². The second-order valence-electron chi connectivity index (χ2n) is 10.5. The Morgan fingerprint density at radius 1 is 1.06 bits per heavy atom. The molecule has 3 rings (SSSR count). The lowest BCUT2D eigenvalue weighted by Crippen LogP contribution is -2.48. The predicted octanol–water partition coefficient (Wildman–Crippen LogP) is 4.20. The molecule has 1 aliphatic rings. The van der Waals surface area contributed by atoms with Crippen molar-refractivity contribution >= 4 is 35.1 Å². The molecular weight excluding hydrogens is 482 g/mol. The summed E-state index contributed by atoms with van der Waals surface area (Å²) in [5.41, 5.74) is 0.589. The topological polar surface area (TPSA) is 107 Å². The van der Waals surface area contributed by atoms with Crippen molar-refractivity contribution in [3.05, 3.63) is 52.4 Å². The van der Waals surface area contributed by atoms with E-state index >= 15 is 0 Å². The monoisotopic (exact) mass is 517 g/mol. The first-order valence-electron chi connectivity index (χ1n) is 12.2. The summed E-state index contributed by atoms with van der Waals surface area (Å²) >= 11 is 6.33. The Morgan fingerprint density at radius 3 is 2.36 bits per heavy atom. The summed E-state index contributed by atoms with van der Waals surface area (Å²) in [6, 6.07) is 8.07. The molecule has 4 amide bonds. The first-order chi connectivity index (χ1) is 16.9. The minimum atomic E-state index is -0.337. The average molecular weight is 518 g/mol. The van der Waals surface area contributed by atoms with E-state index in [1.54, 1.807) is 29.2 Å². The number of nitrogens with zero attached hydrogens (tertiary/aromatic N) is 2. The number of amides is 4. The number of anilines is 1. The van der Waals surface area contributed by atoms with Crippen molar-refractivity contribution < 1.29 is 18.8 Å². The second-order valence-corrected chi connectivity index (χ2v) is 10.9. The Morgan fingerprint density at radius 2 is 1.75 bits per heavy atom. The summed E-state index contributed by atoms with van der Waals surface area (Å²) in [5, 5.41) is 8.68. The van der Waals surface area contributed by atoms with Crippen molar-refractivity contribution in [1.29, 1.82) is 0 Å². The SMILES string of the molecule is CC(C)CNC(=O)Nc1ccc(C(=O)N2CCN(Cc3ccc(C(=O)NC(C)(C)C)o3)CC2)cc1Cl. The van der Waals surface area contributed by atoms with Crippen molar-refractivity contribution in [2.24, 2.45) is 5.92 Å². The molecule has 36 heavy (non-hydrogen) atoms. The Bertz CT molecular complexity index is 1080. The molecule has 1 saturated heterocycles. The van der Waals surface area contributed by atoms with Crippen LogP contribution in [0.5, 0.6) is 0 Å². The molecule has 196 valence electrons. The first-order valence-corrected chi connectivity index (χ1v) is 12.6. The smallest absolute Gasteiger partial charge is 0.319 e. The zero-order chi connectivity index (χ0) is 26.5. The van der Waals surface area contributed by atoms with Gasteiger partial charge in [-0.15, -0.1) is 0 Å². The number of nitrogens with one attached hydrogen (secondary N) is 3. The van der Waals surface area contributed by atoms with Crippen LogP contribution in [0.4, 0.5) is 10.5 Å². The number of hydrogen-bond donors (Lipinski definition) is 3. The van der Waals surface area contributed by atoms with Gasteiger partial charge in [0.2, 0.25) is 0 Å². The fourth-order valence-electron chi connectivity index (χ4n) is 3.71. The molecule has 0 spiro atoms. The molecule has 1 aromatic carbocycles. The number of halogens is 1. The van der Waals surface area contributed by atoms with Crippen molar-refractivity contribution in [3.8, 4) is 0 Å². The van der Waals surface area contributed by atoms with Gasteiger partial charge in [0.25, 0.3) is 11.8 Å². The quantitative estimate of drug-likeness (QED) is 0.510. The van der Waals surface area contributed by atoms with Gasteiger partial charge in [-0.2, -0.15) is 0 Å². The summed E-state index contributed by atoms with van der Waals surface area (Å²) in [5.74, 6) is 0.997. The van der Waals surface area contributed by atoms with Crippen LogP contribution in [0.25, 0.3) is 0 Å². The maximum Gasteiger partial charge on any atom is 0.319 e. The van der Waals surface area contributed by atoms with Gasteiger partial charge in [-0.1, -0.05) is 25.4 Å². The standard InChI is InChI=1S/C26H36ClN5O4/c1-17(2)15-28-25(35)29-21-8-6-18(14-20(21)27)24(34)32-12-10-31(11-13-32)16-19-7-9-22(36-19)23(33)30-26(3,4)5/h6-9,14,17H,10-13,15-16H2,1-5H3,(H,30,33)(H2,28,29,35). The number of carbonyl (C=O) groups excluding carboxylic acids is 3. The number of rotatable bonds is 7. The van der Waals surface area contributed by atoms with Gasteiger partial charge >= 0.3 is 6.03 Å². The lowest BCUT2D eigenvalue weighted by Gasteiger charge is -2.34. The fraction of sp³-hybridized carbons (Fsp3) is 0.500. The van der Waals surface area contributed by atoms with Crippen molar-refractivity contribution in [3.63, 3.8) is 0 Å². The van der Waals surface area contributed by atoms with Crippen molar-refractivity contribution in [2.75, 3.05) is 38.0 Å².